The maximum Gasteiger partial charge on any atom is 0.0289 e. The number of hydrogen-bond donors (Lipinski definition) is 2. The fraction of sp³-hybridized carbons (Fsp3) is 1.00. The summed E-state index contributed by atoms with van der Waals surface area (Å²) in [6.45, 7) is 10.3. The summed E-state index contributed by atoms with van der Waals surface area (Å²) in [6, 6.07) is 0. The highest BCUT2D eigenvalue weighted by Gasteiger charge is 2.26. The number of rotatable bonds is 4. The van der Waals surface area contributed by atoms with Crippen molar-refractivity contribution in [2.45, 2.75) is 39.2 Å². The third-order valence-corrected chi connectivity index (χ3v) is 2.64. The molecule has 0 amide bonds. The molecule has 0 aromatic heterocycles. The molecule has 0 aromatic carbocycles. The highest BCUT2D eigenvalue weighted by Crippen LogP contribution is 2.13. The van der Waals surface area contributed by atoms with Crippen molar-refractivity contribution in [1.29, 1.82) is 0 Å². The van der Waals surface area contributed by atoms with E-state index in [4.69, 9.17) is 0 Å². The van der Waals surface area contributed by atoms with Gasteiger partial charge in [0, 0.05) is 12.1 Å². The minimum atomic E-state index is 0.370. The van der Waals surface area contributed by atoms with Gasteiger partial charge in [-0.15, -0.1) is 0 Å². The van der Waals surface area contributed by atoms with Crippen LogP contribution in [0.25, 0.3) is 0 Å². The second-order valence-electron chi connectivity index (χ2n) is 4.60. The first kappa shape index (κ1) is 10.0. The van der Waals surface area contributed by atoms with Gasteiger partial charge >= 0.3 is 0 Å². The van der Waals surface area contributed by atoms with E-state index in [1.165, 1.54) is 19.4 Å². The minimum Gasteiger partial charge on any atom is -0.315 e. The van der Waals surface area contributed by atoms with E-state index in [2.05, 4.69) is 31.4 Å². The van der Waals surface area contributed by atoms with Crippen molar-refractivity contribution in [3.63, 3.8) is 0 Å². The van der Waals surface area contributed by atoms with Crippen molar-refractivity contribution in [2.24, 2.45) is 5.92 Å². The molecule has 1 aliphatic heterocycles. The Morgan fingerprint density at radius 3 is 2.75 bits per heavy atom. The molecule has 0 aliphatic carbocycles. The molecule has 1 rings (SSSR count). The van der Waals surface area contributed by atoms with Crippen LogP contribution in [0.1, 0.15) is 33.6 Å². The van der Waals surface area contributed by atoms with E-state index in [9.17, 15) is 0 Å². The molecule has 1 atom stereocenters. The van der Waals surface area contributed by atoms with Gasteiger partial charge in [0.1, 0.15) is 0 Å². The average Bonchev–Trinajstić information content (AvgIpc) is 2.35. The first-order valence-corrected chi connectivity index (χ1v) is 5.08. The molecule has 0 bridgehead atoms. The van der Waals surface area contributed by atoms with Crippen LogP contribution in [0.15, 0.2) is 0 Å². The van der Waals surface area contributed by atoms with Crippen LogP contribution in [0.4, 0.5) is 0 Å². The summed E-state index contributed by atoms with van der Waals surface area (Å²) in [5.41, 5.74) is 0.370. The van der Waals surface area contributed by atoms with E-state index in [0.717, 1.165) is 19.0 Å². The summed E-state index contributed by atoms with van der Waals surface area (Å²) in [4.78, 5) is 0. The minimum absolute atomic E-state index is 0.370. The third-order valence-electron chi connectivity index (χ3n) is 2.64. The van der Waals surface area contributed by atoms with E-state index in [-0.39, 0.29) is 0 Å². The SMILES string of the molecule is CC(C)CCNC1(C)CCNC1. The Bertz CT molecular complexity index is 126. The monoisotopic (exact) mass is 170 g/mol. The topological polar surface area (TPSA) is 24.1 Å². The van der Waals surface area contributed by atoms with Crippen molar-refractivity contribution >= 4 is 0 Å². The molecule has 1 fully saturated rings. The zero-order valence-electron chi connectivity index (χ0n) is 8.61. The molecule has 1 unspecified atom stereocenters. The summed E-state index contributed by atoms with van der Waals surface area (Å²) in [5.74, 6) is 0.815. The molecule has 0 saturated carbocycles. The Kier molecular flexibility index (Phi) is 3.53. The molecule has 1 saturated heterocycles. The van der Waals surface area contributed by atoms with E-state index < -0.39 is 0 Å². The van der Waals surface area contributed by atoms with Gasteiger partial charge in [-0.1, -0.05) is 13.8 Å². The maximum absolute atomic E-state index is 3.63. The van der Waals surface area contributed by atoms with E-state index >= 15 is 0 Å². The lowest BCUT2D eigenvalue weighted by Crippen LogP contribution is -2.44. The van der Waals surface area contributed by atoms with Crippen molar-refractivity contribution in [3.05, 3.63) is 0 Å². The number of nitrogens with one attached hydrogen (secondary N) is 2. The molecule has 12 heavy (non-hydrogen) atoms. The summed E-state index contributed by atoms with van der Waals surface area (Å²) >= 11 is 0. The van der Waals surface area contributed by atoms with Crippen molar-refractivity contribution in [3.8, 4) is 0 Å². The van der Waals surface area contributed by atoms with E-state index in [1.807, 2.05) is 0 Å². The molecule has 2 N–H and O–H groups in total. The van der Waals surface area contributed by atoms with Gasteiger partial charge in [-0.25, -0.2) is 0 Å². The largest absolute Gasteiger partial charge is 0.315 e. The van der Waals surface area contributed by atoms with Gasteiger partial charge in [-0.3, -0.25) is 0 Å². The first-order chi connectivity index (χ1) is 5.62. The lowest BCUT2D eigenvalue weighted by Gasteiger charge is -2.24. The molecule has 0 radical (unpaired) electrons. The molecule has 2 heteroatoms. The van der Waals surface area contributed by atoms with Gasteiger partial charge in [0.2, 0.25) is 0 Å². The molecular formula is C10H22N2. The second kappa shape index (κ2) is 4.24. The lowest BCUT2D eigenvalue weighted by atomic mass is 10.0. The van der Waals surface area contributed by atoms with Crippen molar-refractivity contribution in [2.75, 3.05) is 19.6 Å². The molecular weight excluding hydrogens is 148 g/mol. The van der Waals surface area contributed by atoms with Gasteiger partial charge in [0.25, 0.3) is 0 Å². The molecule has 72 valence electrons. The van der Waals surface area contributed by atoms with Crippen LogP contribution in [0.5, 0.6) is 0 Å². The van der Waals surface area contributed by atoms with Crippen molar-refractivity contribution < 1.29 is 0 Å². The second-order valence-corrected chi connectivity index (χ2v) is 4.60. The smallest absolute Gasteiger partial charge is 0.0289 e. The zero-order chi connectivity index (χ0) is 9.03. The third kappa shape index (κ3) is 3.11. The van der Waals surface area contributed by atoms with Gasteiger partial charge in [0.15, 0.2) is 0 Å². The van der Waals surface area contributed by atoms with Crippen LogP contribution in [-0.2, 0) is 0 Å². The fourth-order valence-electron chi connectivity index (χ4n) is 1.63. The van der Waals surface area contributed by atoms with Crippen LogP contribution in [0.2, 0.25) is 0 Å². The highest BCUT2D eigenvalue weighted by molar-refractivity contribution is 4.91. The standard InChI is InChI=1S/C10H22N2/c1-9(2)4-6-12-10(3)5-7-11-8-10/h9,11-12H,4-8H2,1-3H3. The summed E-state index contributed by atoms with van der Waals surface area (Å²) in [5, 5.41) is 7.02. The maximum atomic E-state index is 3.63. The normalized spacial score (nSPS) is 30.0. The molecule has 2 nitrogen and oxygen atoms in total. The van der Waals surface area contributed by atoms with Crippen LogP contribution in [-0.4, -0.2) is 25.2 Å². The van der Waals surface area contributed by atoms with Gasteiger partial charge in [-0.2, -0.15) is 0 Å². The molecule has 1 aliphatic rings. The summed E-state index contributed by atoms with van der Waals surface area (Å²) < 4.78 is 0. The van der Waals surface area contributed by atoms with Crippen molar-refractivity contribution in [1.82, 2.24) is 10.6 Å². The van der Waals surface area contributed by atoms with E-state index in [1.54, 1.807) is 0 Å². The van der Waals surface area contributed by atoms with Gasteiger partial charge < -0.3 is 10.6 Å². The Balaban J connectivity index is 2.13. The lowest BCUT2D eigenvalue weighted by molar-refractivity contribution is 0.371. The average molecular weight is 170 g/mol. The first-order valence-electron chi connectivity index (χ1n) is 5.08. The van der Waals surface area contributed by atoms with Crippen LogP contribution in [0, 0.1) is 5.92 Å². The molecule has 1 heterocycles. The predicted octanol–water partition coefficient (Wildman–Crippen LogP) is 1.37. The Morgan fingerprint density at radius 1 is 1.50 bits per heavy atom. The van der Waals surface area contributed by atoms with Crippen LogP contribution in [0.3, 0.4) is 0 Å². The molecule has 0 spiro atoms. The van der Waals surface area contributed by atoms with Crippen LogP contribution >= 0.6 is 0 Å². The number of hydrogen-bond acceptors (Lipinski definition) is 2. The Morgan fingerprint density at radius 2 is 2.25 bits per heavy atom. The van der Waals surface area contributed by atoms with E-state index in [0.29, 0.717) is 5.54 Å². The Hall–Kier alpha value is -0.0800. The highest BCUT2D eigenvalue weighted by atomic mass is 15.1. The summed E-state index contributed by atoms with van der Waals surface area (Å²) in [7, 11) is 0. The fourth-order valence-corrected chi connectivity index (χ4v) is 1.63. The summed E-state index contributed by atoms with van der Waals surface area (Å²) in [6.07, 6.45) is 2.56. The van der Waals surface area contributed by atoms with Crippen LogP contribution < -0.4 is 10.6 Å². The van der Waals surface area contributed by atoms with Gasteiger partial charge in [0.05, 0.1) is 0 Å². The predicted molar refractivity (Wildman–Crippen MR) is 53.3 cm³/mol. The quantitative estimate of drug-likeness (QED) is 0.666. The molecule has 0 aromatic rings. The van der Waals surface area contributed by atoms with Gasteiger partial charge in [-0.05, 0) is 38.8 Å². The Labute approximate surface area is 76.1 Å². The zero-order valence-corrected chi connectivity index (χ0v) is 8.61.